The molecule has 13 nitrogen and oxygen atoms in total. The molecule has 4 rings (SSSR count). The summed E-state index contributed by atoms with van der Waals surface area (Å²) < 4.78 is 56.0. The van der Waals surface area contributed by atoms with Crippen LogP contribution in [0.15, 0.2) is 54.6 Å². The van der Waals surface area contributed by atoms with E-state index in [1.807, 2.05) is 30.3 Å². The zero-order chi connectivity index (χ0) is 37.9. The van der Waals surface area contributed by atoms with Crippen LogP contribution in [-0.4, -0.2) is 87.2 Å². The van der Waals surface area contributed by atoms with E-state index >= 15 is 0 Å². The maximum atomic E-state index is 14.3. The van der Waals surface area contributed by atoms with Crippen LogP contribution in [-0.2, 0) is 18.9 Å². The van der Waals surface area contributed by atoms with Gasteiger partial charge in [-0.25, -0.2) is 18.6 Å². The lowest BCUT2D eigenvalue weighted by molar-refractivity contribution is -0.142. The Balaban J connectivity index is 1.74. The molecule has 1 saturated heterocycles. The van der Waals surface area contributed by atoms with Crippen LogP contribution in [0.25, 0.3) is 22.2 Å². The topological polar surface area (TPSA) is 177 Å². The monoisotopic (exact) mass is 734 g/mol. The first-order chi connectivity index (χ1) is 23.7. The van der Waals surface area contributed by atoms with E-state index in [4.69, 9.17) is 19.2 Å². The van der Waals surface area contributed by atoms with Crippen molar-refractivity contribution in [1.29, 1.82) is 0 Å². The van der Waals surface area contributed by atoms with Gasteiger partial charge in [-0.05, 0) is 38.3 Å². The number of nitrogens with one attached hydrogen (secondary N) is 2. The van der Waals surface area contributed by atoms with Crippen LogP contribution in [0.3, 0.4) is 0 Å². The summed E-state index contributed by atoms with van der Waals surface area (Å²) in [4.78, 5) is 66.3. The number of fused-ring (bicyclic) bond motifs is 1. The number of methoxy groups -OCH3 is 1. The fraction of sp³-hybridized carbons (Fsp3) is 0.486. The minimum atomic E-state index is -5.23. The molecule has 4 atom stereocenters. The van der Waals surface area contributed by atoms with E-state index in [0.717, 1.165) is 10.5 Å². The summed E-state index contributed by atoms with van der Waals surface area (Å²) in [7, 11) is -3.70. The minimum absolute atomic E-state index is 0.177. The summed E-state index contributed by atoms with van der Waals surface area (Å²) in [6, 6.07) is 13.6. The number of halogens is 2. The van der Waals surface area contributed by atoms with Gasteiger partial charge in [-0.3, -0.25) is 14.2 Å². The van der Waals surface area contributed by atoms with E-state index < -0.39 is 73.3 Å². The van der Waals surface area contributed by atoms with Crippen LogP contribution >= 0.6 is 7.60 Å². The molecule has 0 aliphatic carbocycles. The van der Waals surface area contributed by atoms with Crippen molar-refractivity contribution in [1.82, 2.24) is 20.5 Å². The van der Waals surface area contributed by atoms with Gasteiger partial charge in [0.25, 0.3) is 0 Å². The molecule has 0 spiro atoms. The third-order valence-electron chi connectivity index (χ3n) is 8.08. The fourth-order valence-corrected chi connectivity index (χ4v) is 6.39. The van der Waals surface area contributed by atoms with E-state index in [2.05, 4.69) is 10.6 Å². The summed E-state index contributed by atoms with van der Waals surface area (Å²) in [6.45, 7) is 9.85. The smallest absolute Gasteiger partial charge is 0.408 e. The highest BCUT2D eigenvalue weighted by Crippen LogP contribution is 2.43. The molecule has 2 aromatic carbocycles. The second-order valence-corrected chi connectivity index (χ2v) is 16.2. The van der Waals surface area contributed by atoms with Crippen LogP contribution in [0, 0.1) is 5.41 Å². The van der Waals surface area contributed by atoms with Gasteiger partial charge in [-0.2, -0.15) is 0 Å². The van der Waals surface area contributed by atoms with Crippen LogP contribution in [0.4, 0.5) is 13.6 Å². The molecule has 16 heteroatoms. The molecule has 3 aromatic rings. The highest BCUT2D eigenvalue weighted by molar-refractivity contribution is 7.52. The van der Waals surface area contributed by atoms with Gasteiger partial charge >= 0.3 is 13.7 Å². The number of likely N-dealkylation sites (tertiary alicyclic amines) is 1. The maximum absolute atomic E-state index is 14.3. The van der Waals surface area contributed by atoms with Crippen molar-refractivity contribution in [2.24, 2.45) is 5.41 Å². The second-order valence-electron chi connectivity index (χ2n) is 14.4. The van der Waals surface area contributed by atoms with Crippen LogP contribution in [0.2, 0.25) is 0 Å². The third kappa shape index (κ3) is 10.4. The molecule has 1 aliphatic rings. The number of aromatic nitrogens is 1. The van der Waals surface area contributed by atoms with Crippen molar-refractivity contribution >= 4 is 36.4 Å². The summed E-state index contributed by atoms with van der Waals surface area (Å²) in [5.41, 5.74) is 0.0941. The summed E-state index contributed by atoms with van der Waals surface area (Å²) in [5.74, 6) is -3.06. The molecule has 1 aliphatic heterocycles. The number of ether oxygens (including phenoxy) is 3. The molecule has 51 heavy (non-hydrogen) atoms. The number of rotatable bonds is 11. The molecular weight excluding hydrogens is 689 g/mol. The Morgan fingerprint density at radius 2 is 1.69 bits per heavy atom. The Bertz CT molecular complexity index is 1780. The number of amides is 3. The van der Waals surface area contributed by atoms with E-state index in [1.54, 1.807) is 65.8 Å². The highest BCUT2D eigenvalue weighted by atomic mass is 31.2. The van der Waals surface area contributed by atoms with Gasteiger partial charge in [0.05, 0.1) is 24.9 Å². The van der Waals surface area contributed by atoms with Crippen molar-refractivity contribution in [2.75, 3.05) is 13.7 Å². The number of alkyl carbamates (subject to hydrolysis) is 1. The number of nitrogens with zero attached hydrogens (tertiary/aromatic N) is 2. The van der Waals surface area contributed by atoms with Gasteiger partial charge in [0, 0.05) is 35.9 Å². The van der Waals surface area contributed by atoms with Crippen molar-refractivity contribution < 1.29 is 51.7 Å². The average molecular weight is 735 g/mol. The number of hydrogen-bond acceptors (Lipinski definition) is 8. The van der Waals surface area contributed by atoms with Gasteiger partial charge in [-0.1, -0.05) is 51.1 Å². The molecule has 3 amide bonds. The first kappa shape index (κ1) is 39.5. The van der Waals surface area contributed by atoms with Crippen LogP contribution < -0.4 is 20.1 Å². The van der Waals surface area contributed by atoms with Crippen molar-refractivity contribution in [3.63, 3.8) is 0 Å². The molecule has 4 N–H and O–H groups in total. The van der Waals surface area contributed by atoms with E-state index in [9.17, 15) is 37.5 Å². The fourth-order valence-electron chi connectivity index (χ4n) is 5.66. The summed E-state index contributed by atoms with van der Waals surface area (Å²) >= 11 is 0. The minimum Gasteiger partial charge on any atom is -0.497 e. The standard InChI is InChI=1S/C35H45F2N4O9P/c1-34(2,3)30(40-33(44)50-35(4,5)6)32(43)41-19-22(16-26(41)31(42)39-29(18-28(36)37)51(45,46)47)49-27-17-24(20-11-9-8-10-12-20)38-25-15-21(48-7)13-14-23(25)27/h8-15,17,22,26,28-30H,16,18-19H2,1-7H3,(H,39,42)(H,40,44)(H2,45,46,47)/t22?,26-,29?,30+/m0/s1. The van der Waals surface area contributed by atoms with Crippen LogP contribution in [0.5, 0.6) is 11.5 Å². The Morgan fingerprint density at radius 3 is 2.25 bits per heavy atom. The Morgan fingerprint density at radius 1 is 1.02 bits per heavy atom. The summed E-state index contributed by atoms with van der Waals surface area (Å²) in [5, 5.41) is 5.25. The predicted molar refractivity (Wildman–Crippen MR) is 185 cm³/mol. The Labute approximate surface area is 295 Å². The van der Waals surface area contributed by atoms with Crippen molar-refractivity contribution in [3.8, 4) is 22.8 Å². The zero-order valence-corrected chi connectivity index (χ0v) is 30.4. The lowest BCUT2D eigenvalue weighted by Gasteiger charge is -2.36. The quantitative estimate of drug-likeness (QED) is 0.185. The summed E-state index contributed by atoms with van der Waals surface area (Å²) in [6.07, 6.45) is -6.37. The Kier molecular flexibility index (Phi) is 12.0. The second kappa shape index (κ2) is 15.5. The molecule has 1 fully saturated rings. The molecule has 0 radical (unpaired) electrons. The van der Waals surface area contributed by atoms with Gasteiger partial charge in [-0.15, -0.1) is 0 Å². The number of pyridine rings is 1. The highest BCUT2D eigenvalue weighted by Gasteiger charge is 2.47. The average Bonchev–Trinajstić information content (AvgIpc) is 3.45. The van der Waals surface area contributed by atoms with E-state index in [-0.39, 0.29) is 13.0 Å². The molecule has 0 bridgehead atoms. The van der Waals surface area contributed by atoms with Crippen molar-refractivity contribution in [3.05, 3.63) is 54.6 Å². The van der Waals surface area contributed by atoms with E-state index in [0.29, 0.717) is 28.1 Å². The first-order valence-corrected chi connectivity index (χ1v) is 18.0. The lowest BCUT2D eigenvalue weighted by Crippen LogP contribution is -2.58. The number of benzene rings is 2. The SMILES string of the molecule is COc1ccc2c(OC3C[C@@H](C(=O)NC(CC(F)F)P(=O)(O)O)N(C(=O)[C@@H](NC(=O)OC(C)(C)C)C(C)(C)C)C3)cc(-c3ccccc3)nc2c1. The number of hydrogen-bond donors (Lipinski definition) is 4. The van der Waals surface area contributed by atoms with Gasteiger partial charge in [0.15, 0.2) is 0 Å². The molecule has 2 unspecified atom stereocenters. The lowest BCUT2D eigenvalue weighted by atomic mass is 9.85. The molecular formula is C35H45F2N4O9P. The third-order valence-corrected chi connectivity index (χ3v) is 9.23. The van der Waals surface area contributed by atoms with Gasteiger partial charge < -0.3 is 39.5 Å². The number of alkyl halides is 2. The first-order valence-electron chi connectivity index (χ1n) is 16.3. The van der Waals surface area contributed by atoms with Gasteiger partial charge in [0.2, 0.25) is 18.2 Å². The number of carbonyl (C=O) groups excluding carboxylic acids is 3. The molecule has 2 heterocycles. The van der Waals surface area contributed by atoms with Gasteiger partial charge in [0.1, 0.15) is 41.1 Å². The molecule has 278 valence electrons. The van der Waals surface area contributed by atoms with Crippen molar-refractivity contribution in [2.45, 2.75) is 90.4 Å². The maximum Gasteiger partial charge on any atom is 0.408 e. The number of carbonyl (C=O) groups is 3. The Hall–Kier alpha value is -4.33. The largest absolute Gasteiger partial charge is 0.497 e. The predicted octanol–water partition coefficient (Wildman–Crippen LogP) is 5.47. The molecule has 0 saturated carbocycles. The zero-order valence-electron chi connectivity index (χ0n) is 29.6. The molecule has 1 aromatic heterocycles. The normalized spacial score (nSPS) is 17.9. The van der Waals surface area contributed by atoms with E-state index in [1.165, 1.54) is 7.11 Å². The van der Waals surface area contributed by atoms with Crippen LogP contribution in [0.1, 0.15) is 54.4 Å².